The Morgan fingerprint density at radius 2 is 1.81 bits per heavy atom. The van der Waals surface area contributed by atoms with Crippen LogP contribution < -0.4 is 10.1 Å². The van der Waals surface area contributed by atoms with Crippen LogP contribution in [0.5, 0.6) is 5.88 Å². The number of urea groups is 1. The number of hydrogen-bond donors (Lipinski definition) is 1. The van der Waals surface area contributed by atoms with Crippen molar-refractivity contribution in [3.63, 3.8) is 0 Å². The summed E-state index contributed by atoms with van der Waals surface area (Å²) in [5.41, 5.74) is -0.119. The summed E-state index contributed by atoms with van der Waals surface area (Å²) in [5.74, 6) is -0.712. The summed E-state index contributed by atoms with van der Waals surface area (Å²) in [4.78, 5) is 18.6. The number of rotatable bonds is 4. The van der Waals surface area contributed by atoms with Gasteiger partial charge in [0, 0.05) is 42.8 Å². The van der Waals surface area contributed by atoms with E-state index in [1.165, 1.54) is 18.2 Å². The molecule has 1 aromatic heterocycles. The van der Waals surface area contributed by atoms with Gasteiger partial charge >= 0.3 is 6.03 Å². The van der Waals surface area contributed by atoms with Crippen molar-refractivity contribution in [2.24, 2.45) is 0 Å². The number of halogens is 2. The van der Waals surface area contributed by atoms with Gasteiger partial charge in [-0.3, -0.25) is 0 Å². The molecule has 2 saturated heterocycles. The monoisotopic (exact) mass is 373 g/mol. The zero-order valence-electron chi connectivity index (χ0n) is 14.8. The predicted molar refractivity (Wildman–Crippen MR) is 95.1 cm³/mol. The molecule has 2 aromatic rings. The number of nitrogens with one attached hydrogen (secondary N) is 1. The van der Waals surface area contributed by atoms with Gasteiger partial charge in [-0.25, -0.2) is 18.6 Å². The maximum Gasteiger partial charge on any atom is 0.318 e. The maximum atomic E-state index is 13.7. The molecule has 2 atom stereocenters. The zero-order valence-corrected chi connectivity index (χ0v) is 14.8. The van der Waals surface area contributed by atoms with Crippen LogP contribution in [0.3, 0.4) is 0 Å². The lowest BCUT2D eigenvalue weighted by molar-refractivity contribution is 0.0660. The number of fused-ring (bicyclic) bond motifs is 2. The molecule has 0 saturated carbocycles. The van der Waals surface area contributed by atoms with Gasteiger partial charge in [0.05, 0.1) is 6.54 Å². The van der Waals surface area contributed by atoms with Crippen molar-refractivity contribution in [3.05, 3.63) is 59.8 Å². The third-order valence-corrected chi connectivity index (χ3v) is 5.33. The molecule has 27 heavy (non-hydrogen) atoms. The molecular weight excluding hydrogens is 352 g/mol. The molecule has 0 radical (unpaired) electrons. The Morgan fingerprint density at radius 1 is 1.11 bits per heavy atom. The van der Waals surface area contributed by atoms with E-state index < -0.39 is 11.6 Å². The minimum absolute atomic E-state index is 0.0189. The van der Waals surface area contributed by atoms with Gasteiger partial charge in [0.2, 0.25) is 5.88 Å². The highest BCUT2D eigenvalue weighted by Gasteiger charge is 2.44. The van der Waals surface area contributed by atoms with Gasteiger partial charge < -0.3 is 15.0 Å². The van der Waals surface area contributed by atoms with E-state index in [9.17, 15) is 13.6 Å². The Labute approximate surface area is 156 Å². The Bertz CT molecular complexity index is 784. The number of ether oxygens (including phenoxy) is 1. The first-order chi connectivity index (χ1) is 13.1. The van der Waals surface area contributed by atoms with Crippen LogP contribution in [0.2, 0.25) is 0 Å². The highest BCUT2D eigenvalue weighted by Crippen LogP contribution is 2.37. The lowest BCUT2D eigenvalue weighted by Gasteiger charge is -2.38. The van der Waals surface area contributed by atoms with Gasteiger partial charge in [-0.1, -0.05) is 12.1 Å². The van der Waals surface area contributed by atoms with E-state index in [2.05, 4.69) is 10.3 Å². The first-order valence-electron chi connectivity index (χ1n) is 9.18. The van der Waals surface area contributed by atoms with E-state index in [4.69, 9.17) is 4.74 Å². The van der Waals surface area contributed by atoms with Crippen LogP contribution in [0.15, 0.2) is 42.6 Å². The van der Waals surface area contributed by atoms with E-state index in [1.54, 1.807) is 6.20 Å². The van der Waals surface area contributed by atoms with Crippen molar-refractivity contribution < 1.29 is 18.3 Å². The van der Waals surface area contributed by atoms with Gasteiger partial charge in [-0.2, -0.15) is 0 Å². The van der Waals surface area contributed by atoms with E-state index >= 15 is 0 Å². The molecular formula is C20H21F2N3O2. The summed E-state index contributed by atoms with van der Waals surface area (Å²) in [6, 6.07) is 9.09. The highest BCUT2D eigenvalue weighted by molar-refractivity contribution is 5.75. The van der Waals surface area contributed by atoms with Crippen molar-refractivity contribution >= 4 is 6.03 Å². The first kappa shape index (κ1) is 17.7. The Balaban J connectivity index is 1.37. The van der Waals surface area contributed by atoms with Crippen LogP contribution in [0, 0.1) is 11.6 Å². The number of benzene rings is 1. The number of aromatic nitrogens is 1. The van der Waals surface area contributed by atoms with Crippen LogP contribution in [0.4, 0.5) is 13.6 Å². The second-order valence-corrected chi connectivity index (χ2v) is 7.03. The van der Waals surface area contributed by atoms with Crippen LogP contribution in [-0.2, 0) is 6.54 Å². The van der Waals surface area contributed by atoms with Crippen molar-refractivity contribution in [2.45, 2.75) is 50.4 Å². The van der Waals surface area contributed by atoms with E-state index in [-0.39, 0.29) is 36.3 Å². The minimum atomic E-state index is -0.652. The molecule has 2 amide bonds. The number of nitrogens with zero attached hydrogens (tertiary/aromatic N) is 2. The number of piperidine rings is 1. The van der Waals surface area contributed by atoms with Crippen molar-refractivity contribution in [1.82, 2.24) is 15.2 Å². The summed E-state index contributed by atoms with van der Waals surface area (Å²) in [7, 11) is 0. The number of amides is 2. The van der Waals surface area contributed by atoms with Crippen LogP contribution in [0.1, 0.15) is 31.2 Å². The van der Waals surface area contributed by atoms with Crippen LogP contribution >= 0.6 is 0 Å². The van der Waals surface area contributed by atoms with E-state index in [0.717, 1.165) is 25.7 Å². The molecule has 4 rings (SSSR count). The topological polar surface area (TPSA) is 54.5 Å². The molecule has 0 aliphatic carbocycles. The smallest absolute Gasteiger partial charge is 0.318 e. The summed E-state index contributed by atoms with van der Waals surface area (Å²) in [6.45, 7) is -0.166. The largest absolute Gasteiger partial charge is 0.474 e. The SMILES string of the molecule is O=C(NCc1c(F)cccc1F)N1C2CCC1CC(Oc1ccccn1)C2. The van der Waals surface area contributed by atoms with Gasteiger partial charge in [-0.15, -0.1) is 0 Å². The summed E-state index contributed by atoms with van der Waals surface area (Å²) in [6.07, 6.45) is 4.99. The lowest BCUT2D eigenvalue weighted by atomic mass is 10.00. The van der Waals surface area contributed by atoms with E-state index in [1.807, 2.05) is 23.1 Å². The minimum Gasteiger partial charge on any atom is -0.474 e. The molecule has 2 aliphatic rings. The van der Waals surface area contributed by atoms with Crippen LogP contribution in [-0.4, -0.2) is 34.1 Å². The standard InChI is InChI=1S/C20H21F2N3O2/c21-17-4-3-5-18(22)16(17)12-24-20(26)25-13-7-8-14(25)11-15(10-13)27-19-6-1-2-9-23-19/h1-6,9,13-15H,7-8,10-12H2,(H,24,26). The quantitative estimate of drug-likeness (QED) is 0.890. The van der Waals surface area contributed by atoms with Gasteiger partial charge in [-0.05, 0) is 31.0 Å². The fourth-order valence-electron chi connectivity index (χ4n) is 4.10. The average Bonchev–Trinajstić information content (AvgIpc) is 2.93. The fraction of sp³-hybridized carbons (Fsp3) is 0.400. The van der Waals surface area contributed by atoms with Crippen molar-refractivity contribution in [3.8, 4) is 5.88 Å². The molecule has 142 valence electrons. The first-order valence-corrected chi connectivity index (χ1v) is 9.18. The number of pyridine rings is 1. The highest BCUT2D eigenvalue weighted by atomic mass is 19.1. The molecule has 2 bridgehead atoms. The number of carbonyl (C=O) groups is 1. The normalized spacial score (nSPS) is 23.9. The average molecular weight is 373 g/mol. The third kappa shape index (κ3) is 3.72. The van der Waals surface area contributed by atoms with Gasteiger partial charge in [0.25, 0.3) is 0 Å². The second-order valence-electron chi connectivity index (χ2n) is 7.03. The Hall–Kier alpha value is -2.70. The summed E-state index contributed by atoms with van der Waals surface area (Å²) >= 11 is 0. The number of hydrogen-bond acceptors (Lipinski definition) is 3. The molecule has 0 spiro atoms. The maximum absolute atomic E-state index is 13.7. The Morgan fingerprint density at radius 3 is 2.44 bits per heavy atom. The number of carbonyl (C=O) groups excluding carboxylic acids is 1. The van der Waals surface area contributed by atoms with Gasteiger partial charge in [0.15, 0.2) is 0 Å². The molecule has 2 fully saturated rings. The summed E-state index contributed by atoms with van der Waals surface area (Å²) < 4.78 is 33.4. The molecule has 5 nitrogen and oxygen atoms in total. The molecule has 1 aromatic carbocycles. The predicted octanol–water partition coefficient (Wildman–Crippen LogP) is 3.64. The van der Waals surface area contributed by atoms with Gasteiger partial charge in [0.1, 0.15) is 17.7 Å². The second kappa shape index (κ2) is 7.50. The third-order valence-electron chi connectivity index (χ3n) is 5.33. The molecule has 1 N–H and O–H groups in total. The summed E-state index contributed by atoms with van der Waals surface area (Å²) in [5, 5.41) is 2.67. The molecule has 2 aliphatic heterocycles. The molecule has 2 unspecified atom stereocenters. The molecule has 7 heteroatoms. The Kier molecular flexibility index (Phi) is 4.92. The fourth-order valence-corrected chi connectivity index (χ4v) is 4.10. The van der Waals surface area contributed by atoms with Crippen LogP contribution in [0.25, 0.3) is 0 Å². The lowest BCUT2D eigenvalue weighted by Crippen LogP contribution is -2.52. The van der Waals surface area contributed by atoms with Crippen molar-refractivity contribution in [1.29, 1.82) is 0 Å². The molecule has 3 heterocycles. The zero-order chi connectivity index (χ0) is 18.8. The van der Waals surface area contributed by atoms with E-state index in [0.29, 0.717) is 5.88 Å². The van der Waals surface area contributed by atoms with Crippen molar-refractivity contribution in [2.75, 3.05) is 0 Å².